The summed E-state index contributed by atoms with van der Waals surface area (Å²) in [5.41, 5.74) is 0.978. The molecule has 2 aromatic carbocycles. The summed E-state index contributed by atoms with van der Waals surface area (Å²) in [5, 5.41) is 5.29. The van der Waals surface area contributed by atoms with Crippen LogP contribution in [0.4, 0.5) is 8.78 Å². The fraction of sp³-hybridized carbons (Fsp3) is 0.333. The van der Waals surface area contributed by atoms with Gasteiger partial charge in [-0.2, -0.15) is 0 Å². The number of nitrogens with one attached hydrogen (secondary N) is 2. The molecule has 0 heterocycles. The first kappa shape index (κ1) is 19.0. The minimum absolute atomic E-state index is 0.0768. The number of amides is 2. The minimum Gasteiger partial charge on any atom is -0.354 e. The summed E-state index contributed by atoms with van der Waals surface area (Å²) in [6.07, 6.45) is 4.25. The van der Waals surface area contributed by atoms with Crippen LogP contribution in [-0.4, -0.2) is 24.9 Å². The molecule has 3 rings (SSSR count). The largest absolute Gasteiger partial charge is 0.354 e. The molecule has 1 aliphatic carbocycles. The lowest BCUT2D eigenvalue weighted by Gasteiger charge is -2.30. The second kappa shape index (κ2) is 8.29. The predicted octanol–water partition coefficient (Wildman–Crippen LogP) is 3.32. The lowest BCUT2D eigenvalue weighted by molar-refractivity contribution is -0.120. The van der Waals surface area contributed by atoms with Gasteiger partial charge in [0.05, 0.1) is 6.54 Å². The molecule has 1 saturated carbocycles. The first-order valence-corrected chi connectivity index (χ1v) is 9.05. The summed E-state index contributed by atoms with van der Waals surface area (Å²) in [6.45, 7) is 0.252. The summed E-state index contributed by atoms with van der Waals surface area (Å²) < 4.78 is 26.4. The quantitative estimate of drug-likeness (QED) is 0.817. The van der Waals surface area contributed by atoms with Crippen molar-refractivity contribution in [2.45, 2.75) is 31.1 Å². The normalized spacial score (nSPS) is 15.3. The Labute approximate surface area is 157 Å². The Hall–Kier alpha value is -2.76. The van der Waals surface area contributed by atoms with E-state index >= 15 is 0 Å². The smallest absolute Gasteiger partial charge is 0.251 e. The zero-order valence-corrected chi connectivity index (χ0v) is 14.9. The lowest BCUT2D eigenvalue weighted by Crippen LogP contribution is -2.43. The van der Waals surface area contributed by atoms with Crippen molar-refractivity contribution in [2.75, 3.05) is 13.1 Å². The summed E-state index contributed by atoms with van der Waals surface area (Å²) in [4.78, 5) is 24.1. The van der Waals surface area contributed by atoms with Crippen LogP contribution >= 0.6 is 0 Å². The number of carbonyl (C=O) groups is 2. The molecule has 0 radical (unpaired) electrons. The lowest BCUT2D eigenvalue weighted by atomic mass is 9.79. The van der Waals surface area contributed by atoms with Crippen LogP contribution in [0.2, 0.25) is 0 Å². The first-order chi connectivity index (χ1) is 13.0. The highest BCUT2D eigenvalue weighted by atomic mass is 19.1. The number of benzene rings is 2. The standard InChI is InChI=1S/C21H22F2N2O2/c22-17-10-15(11-18(23)12-17)20(27)24-13-19(26)25-14-21(8-4-5-9-21)16-6-2-1-3-7-16/h1-3,6-7,10-12H,4-5,8-9,13-14H2,(H,24,27)(H,25,26). The Morgan fingerprint density at radius 2 is 1.56 bits per heavy atom. The highest BCUT2D eigenvalue weighted by molar-refractivity contribution is 5.96. The molecule has 6 heteroatoms. The second-order valence-corrected chi connectivity index (χ2v) is 6.97. The van der Waals surface area contributed by atoms with Gasteiger partial charge in [-0.05, 0) is 30.5 Å². The number of halogens is 2. The number of hydrogen-bond donors (Lipinski definition) is 2. The van der Waals surface area contributed by atoms with E-state index in [1.807, 2.05) is 18.2 Å². The molecule has 1 aliphatic rings. The van der Waals surface area contributed by atoms with E-state index in [9.17, 15) is 18.4 Å². The van der Waals surface area contributed by atoms with E-state index in [1.54, 1.807) is 0 Å². The van der Waals surface area contributed by atoms with Crippen molar-refractivity contribution in [1.82, 2.24) is 10.6 Å². The van der Waals surface area contributed by atoms with Crippen molar-refractivity contribution >= 4 is 11.8 Å². The van der Waals surface area contributed by atoms with E-state index in [1.165, 1.54) is 5.56 Å². The van der Waals surface area contributed by atoms with Crippen molar-refractivity contribution in [3.05, 3.63) is 71.3 Å². The molecule has 0 aromatic heterocycles. The minimum atomic E-state index is -0.837. The third-order valence-electron chi connectivity index (χ3n) is 5.11. The van der Waals surface area contributed by atoms with Gasteiger partial charge >= 0.3 is 0 Å². The van der Waals surface area contributed by atoms with Crippen LogP contribution in [0.1, 0.15) is 41.6 Å². The van der Waals surface area contributed by atoms with Crippen molar-refractivity contribution in [2.24, 2.45) is 0 Å². The molecule has 2 amide bonds. The van der Waals surface area contributed by atoms with E-state index in [4.69, 9.17) is 0 Å². The van der Waals surface area contributed by atoms with Crippen LogP contribution in [0.3, 0.4) is 0 Å². The molecule has 0 bridgehead atoms. The van der Waals surface area contributed by atoms with Crippen molar-refractivity contribution < 1.29 is 18.4 Å². The fourth-order valence-corrected chi connectivity index (χ4v) is 3.69. The summed E-state index contributed by atoms with van der Waals surface area (Å²) in [7, 11) is 0. The molecule has 0 unspecified atom stereocenters. The number of hydrogen-bond acceptors (Lipinski definition) is 2. The van der Waals surface area contributed by atoms with Crippen LogP contribution in [0.25, 0.3) is 0 Å². The van der Waals surface area contributed by atoms with Gasteiger partial charge in [-0.1, -0.05) is 43.2 Å². The molecule has 0 aliphatic heterocycles. The molecule has 2 aromatic rings. The monoisotopic (exact) mass is 372 g/mol. The average Bonchev–Trinajstić information content (AvgIpc) is 3.14. The van der Waals surface area contributed by atoms with E-state index in [0.717, 1.165) is 37.8 Å². The Bertz CT molecular complexity index is 798. The van der Waals surface area contributed by atoms with Crippen LogP contribution < -0.4 is 10.6 Å². The maximum atomic E-state index is 13.2. The molecule has 0 saturated heterocycles. The SMILES string of the molecule is O=C(CNC(=O)c1cc(F)cc(F)c1)NCC1(c2ccccc2)CCCC1. The van der Waals surface area contributed by atoms with Crippen LogP contribution in [0, 0.1) is 11.6 Å². The molecular formula is C21H22F2N2O2. The maximum Gasteiger partial charge on any atom is 0.251 e. The molecule has 0 spiro atoms. The molecule has 1 fully saturated rings. The Morgan fingerprint density at radius 3 is 2.19 bits per heavy atom. The van der Waals surface area contributed by atoms with E-state index in [0.29, 0.717) is 12.6 Å². The van der Waals surface area contributed by atoms with Crippen LogP contribution in [0.5, 0.6) is 0 Å². The Balaban J connectivity index is 1.55. The van der Waals surface area contributed by atoms with Gasteiger partial charge in [-0.25, -0.2) is 8.78 Å². The van der Waals surface area contributed by atoms with E-state index in [-0.39, 0.29) is 23.4 Å². The van der Waals surface area contributed by atoms with Gasteiger partial charge in [0.2, 0.25) is 5.91 Å². The van der Waals surface area contributed by atoms with Crippen LogP contribution in [-0.2, 0) is 10.2 Å². The van der Waals surface area contributed by atoms with E-state index < -0.39 is 17.5 Å². The van der Waals surface area contributed by atoms with Gasteiger partial charge in [0.1, 0.15) is 11.6 Å². The molecule has 2 N–H and O–H groups in total. The average molecular weight is 372 g/mol. The van der Waals surface area contributed by atoms with Crippen LogP contribution in [0.15, 0.2) is 48.5 Å². The molecule has 0 atom stereocenters. The van der Waals surface area contributed by atoms with Crippen molar-refractivity contribution in [3.8, 4) is 0 Å². The van der Waals surface area contributed by atoms with Crippen molar-refractivity contribution in [1.29, 1.82) is 0 Å². The van der Waals surface area contributed by atoms with Crippen molar-refractivity contribution in [3.63, 3.8) is 0 Å². The zero-order valence-electron chi connectivity index (χ0n) is 14.9. The highest BCUT2D eigenvalue weighted by Crippen LogP contribution is 2.40. The fourth-order valence-electron chi connectivity index (χ4n) is 3.69. The topological polar surface area (TPSA) is 58.2 Å². The van der Waals surface area contributed by atoms with Gasteiger partial charge in [-0.3, -0.25) is 9.59 Å². The zero-order chi connectivity index (χ0) is 19.3. The Morgan fingerprint density at radius 1 is 0.926 bits per heavy atom. The molecule has 4 nitrogen and oxygen atoms in total. The van der Waals surface area contributed by atoms with Gasteiger partial charge < -0.3 is 10.6 Å². The third-order valence-corrected chi connectivity index (χ3v) is 5.11. The summed E-state index contributed by atoms with van der Waals surface area (Å²) >= 11 is 0. The first-order valence-electron chi connectivity index (χ1n) is 9.05. The predicted molar refractivity (Wildman–Crippen MR) is 98.3 cm³/mol. The maximum absolute atomic E-state index is 13.2. The van der Waals surface area contributed by atoms with E-state index in [2.05, 4.69) is 22.8 Å². The number of carbonyl (C=O) groups excluding carboxylic acids is 2. The molecule has 27 heavy (non-hydrogen) atoms. The highest BCUT2D eigenvalue weighted by Gasteiger charge is 2.35. The second-order valence-electron chi connectivity index (χ2n) is 6.97. The van der Waals surface area contributed by atoms with Gasteiger partial charge in [0.15, 0.2) is 0 Å². The van der Waals surface area contributed by atoms with Gasteiger partial charge in [-0.15, -0.1) is 0 Å². The number of rotatable bonds is 6. The summed E-state index contributed by atoms with van der Waals surface area (Å²) in [5.74, 6) is -2.70. The molecular weight excluding hydrogens is 350 g/mol. The molecule has 142 valence electrons. The third kappa shape index (κ3) is 4.70. The Kier molecular flexibility index (Phi) is 5.84. The van der Waals surface area contributed by atoms with Gasteiger partial charge in [0, 0.05) is 23.6 Å². The van der Waals surface area contributed by atoms with Gasteiger partial charge in [0.25, 0.3) is 5.91 Å². The summed E-state index contributed by atoms with van der Waals surface area (Å²) in [6, 6.07) is 12.7.